The molecule has 1 aromatic heterocycles. The van der Waals surface area contributed by atoms with Gasteiger partial charge in [-0.05, 0) is 30.7 Å². The summed E-state index contributed by atoms with van der Waals surface area (Å²) in [4.78, 5) is 16.5. The van der Waals surface area contributed by atoms with Gasteiger partial charge < -0.3 is 10.5 Å². The third-order valence-corrected chi connectivity index (χ3v) is 4.31. The second-order valence-corrected chi connectivity index (χ2v) is 6.45. The van der Waals surface area contributed by atoms with Gasteiger partial charge in [-0.3, -0.25) is 0 Å². The first-order valence-electron chi connectivity index (χ1n) is 7.52. The van der Waals surface area contributed by atoms with Crippen LogP contribution in [0.15, 0.2) is 24.3 Å². The second kappa shape index (κ2) is 8.56. The highest BCUT2D eigenvalue weighted by molar-refractivity contribution is 6.37. The number of hydrogen-bond acceptors (Lipinski definition) is 4. The molecule has 0 saturated carbocycles. The zero-order valence-corrected chi connectivity index (χ0v) is 15.4. The minimum absolute atomic E-state index is 0.0193. The maximum Gasteiger partial charge on any atom is 0.358 e. The Hall–Kier alpha value is -1.49. The Morgan fingerprint density at radius 3 is 2.62 bits per heavy atom. The Labute approximate surface area is 155 Å². The van der Waals surface area contributed by atoms with E-state index in [1.165, 1.54) is 0 Å². The van der Waals surface area contributed by atoms with E-state index in [0.717, 1.165) is 19.3 Å². The van der Waals surface area contributed by atoms with Crippen LogP contribution in [0.1, 0.15) is 36.7 Å². The van der Waals surface area contributed by atoms with Gasteiger partial charge in [0.05, 0.1) is 28.0 Å². The fraction of sp³-hybridized carbons (Fsp3) is 0.294. The number of nitrogens with two attached hydrogens (primary N) is 1. The average molecular weight is 388 g/mol. The molecule has 0 spiro atoms. The van der Waals surface area contributed by atoms with Crippen LogP contribution in [0.4, 0.5) is 5.69 Å². The van der Waals surface area contributed by atoms with Crippen LogP contribution in [0.3, 0.4) is 0 Å². The number of benzene rings is 1. The summed E-state index contributed by atoms with van der Waals surface area (Å²) < 4.78 is 5.21. The van der Waals surface area contributed by atoms with E-state index < -0.39 is 5.97 Å². The third-order valence-electron chi connectivity index (χ3n) is 3.37. The molecule has 128 valence electrons. The predicted octanol–water partition coefficient (Wildman–Crippen LogP) is 5.64. The molecule has 0 aliphatic heterocycles. The van der Waals surface area contributed by atoms with E-state index in [0.29, 0.717) is 27.9 Å². The predicted molar refractivity (Wildman–Crippen MR) is 98.9 cm³/mol. The van der Waals surface area contributed by atoms with E-state index in [1.807, 2.05) is 0 Å². The van der Waals surface area contributed by atoms with Crippen molar-refractivity contribution in [3.63, 3.8) is 0 Å². The van der Waals surface area contributed by atoms with Gasteiger partial charge in [0.1, 0.15) is 0 Å². The molecule has 0 aliphatic carbocycles. The number of nitrogen functional groups attached to an aromatic ring is 1. The van der Waals surface area contributed by atoms with Gasteiger partial charge in [0.2, 0.25) is 0 Å². The van der Waals surface area contributed by atoms with Gasteiger partial charge >= 0.3 is 5.97 Å². The Morgan fingerprint density at radius 2 is 1.96 bits per heavy atom. The molecule has 0 saturated heterocycles. The smallest absolute Gasteiger partial charge is 0.358 e. The van der Waals surface area contributed by atoms with Crippen molar-refractivity contribution in [1.82, 2.24) is 4.98 Å². The number of carbonyl (C=O) groups is 1. The van der Waals surface area contributed by atoms with Crippen LogP contribution in [0, 0.1) is 0 Å². The minimum atomic E-state index is -0.602. The van der Waals surface area contributed by atoms with Crippen molar-refractivity contribution < 1.29 is 9.53 Å². The molecular weight excluding hydrogens is 371 g/mol. The molecule has 0 amide bonds. The maximum absolute atomic E-state index is 12.2. The van der Waals surface area contributed by atoms with Gasteiger partial charge in [0, 0.05) is 10.6 Å². The number of rotatable bonds is 6. The van der Waals surface area contributed by atoms with Gasteiger partial charge in [-0.25, -0.2) is 9.78 Å². The summed E-state index contributed by atoms with van der Waals surface area (Å²) >= 11 is 18.2. The molecule has 4 nitrogen and oxygen atoms in total. The van der Waals surface area contributed by atoms with Gasteiger partial charge in [0.25, 0.3) is 0 Å². The van der Waals surface area contributed by atoms with Crippen LogP contribution in [0.5, 0.6) is 0 Å². The van der Waals surface area contributed by atoms with Crippen LogP contribution in [0.25, 0.3) is 11.3 Å². The van der Waals surface area contributed by atoms with Crippen LogP contribution < -0.4 is 5.73 Å². The summed E-state index contributed by atoms with van der Waals surface area (Å²) in [6, 6.07) is 6.54. The molecular formula is C17H17Cl3N2O2. The number of anilines is 1. The summed E-state index contributed by atoms with van der Waals surface area (Å²) in [6.45, 7) is 2.39. The van der Waals surface area contributed by atoms with Crippen molar-refractivity contribution in [1.29, 1.82) is 0 Å². The van der Waals surface area contributed by atoms with Gasteiger partial charge in [0.15, 0.2) is 5.69 Å². The first-order chi connectivity index (χ1) is 11.4. The lowest BCUT2D eigenvalue weighted by Crippen LogP contribution is -2.11. The van der Waals surface area contributed by atoms with Crippen molar-refractivity contribution in [3.8, 4) is 11.3 Å². The first-order valence-corrected chi connectivity index (χ1v) is 8.66. The molecule has 24 heavy (non-hydrogen) atoms. The molecule has 1 heterocycles. The Kier molecular flexibility index (Phi) is 6.72. The van der Waals surface area contributed by atoms with Crippen LogP contribution >= 0.6 is 34.8 Å². The second-order valence-electron chi connectivity index (χ2n) is 5.23. The van der Waals surface area contributed by atoms with Crippen molar-refractivity contribution in [2.24, 2.45) is 0 Å². The van der Waals surface area contributed by atoms with Gasteiger partial charge in [-0.15, -0.1) is 0 Å². The molecule has 0 unspecified atom stereocenters. The highest BCUT2D eigenvalue weighted by Gasteiger charge is 2.19. The van der Waals surface area contributed by atoms with Crippen molar-refractivity contribution >= 4 is 46.5 Å². The largest absolute Gasteiger partial charge is 0.461 e. The number of carbonyl (C=O) groups excluding carboxylic acids is 1. The summed E-state index contributed by atoms with van der Waals surface area (Å²) in [6.07, 6.45) is 2.81. The summed E-state index contributed by atoms with van der Waals surface area (Å²) in [5.74, 6) is -0.602. The fourth-order valence-corrected chi connectivity index (χ4v) is 2.78. The van der Waals surface area contributed by atoms with Crippen LogP contribution in [-0.4, -0.2) is 17.6 Å². The highest BCUT2D eigenvalue weighted by atomic mass is 35.5. The molecule has 0 fully saturated rings. The molecule has 2 rings (SSSR count). The molecule has 0 aliphatic rings. The number of nitrogens with zero attached hydrogens (tertiary/aromatic N) is 1. The number of aromatic nitrogens is 1. The van der Waals surface area contributed by atoms with E-state index in [1.54, 1.807) is 24.3 Å². The van der Waals surface area contributed by atoms with E-state index >= 15 is 0 Å². The topological polar surface area (TPSA) is 65.2 Å². The number of esters is 1. The molecule has 2 N–H and O–H groups in total. The molecule has 1 aromatic carbocycles. The minimum Gasteiger partial charge on any atom is -0.461 e. The fourth-order valence-electron chi connectivity index (χ4n) is 2.10. The molecule has 0 radical (unpaired) electrons. The number of hydrogen-bond donors (Lipinski definition) is 1. The first kappa shape index (κ1) is 18.8. The lowest BCUT2D eigenvalue weighted by molar-refractivity contribution is 0.0491. The standard InChI is InChI=1S/C17H17Cl3N2O2/c1-2-3-4-7-24-17(23)16-15(20)13(21)9-14(22-16)11-6-5-10(18)8-12(11)19/h5-6,8-9H,2-4,7H2,1H3,(H2,21,22). The number of ether oxygens (including phenoxy) is 1. The monoisotopic (exact) mass is 386 g/mol. The molecule has 2 aromatic rings. The summed E-state index contributed by atoms with van der Waals surface area (Å²) in [5, 5.41) is 0.976. The summed E-state index contributed by atoms with van der Waals surface area (Å²) in [7, 11) is 0. The quantitative estimate of drug-likeness (QED) is 0.514. The van der Waals surface area contributed by atoms with Crippen molar-refractivity contribution in [3.05, 3.63) is 45.0 Å². The van der Waals surface area contributed by atoms with E-state index in [-0.39, 0.29) is 16.4 Å². The van der Waals surface area contributed by atoms with Crippen molar-refractivity contribution in [2.75, 3.05) is 12.3 Å². The number of halogens is 3. The van der Waals surface area contributed by atoms with E-state index in [4.69, 9.17) is 45.3 Å². The zero-order valence-electron chi connectivity index (χ0n) is 13.1. The number of unbranched alkanes of at least 4 members (excludes halogenated alkanes) is 2. The molecule has 7 heteroatoms. The van der Waals surface area contributed by atoms with E-state index in [2.05, 4.69) is 11.9 Å². The number of pyridine rings is 1. The maximum atomic E-state index is 12.2. The summed E-state index contributed by atoms with van der Waals surface area (Å²) in [5.41, 5.74) is 7.15. The normalized spacial score (nSPS) is 10.7. The Bertz CT molecular complexity index is 751. The van der Waals surface area contributed by atoms with Crippen LogP contribution in [-0.2, 0) is 4.74 Å². The zero-order chi connectivity index (χ0) is 17.7. The molecule has 0 bridgehead atoms. The van der Waals surface area contributed by atoms with Crippen molar-refractivity contribution in [2.45, 2.75) is 26.2 Å². The molecule has 0 atom stereocenters. The Morgan fingerprint density at radius 1 is 1.21 bits per heavy atom. The highest BCUT2D eigenvalue weighted by Crippen LogP contribution is 2.33. The lowest BCUT2D eigenvalue weighted by atomic mass is 10.1. The SMILES string of the molecule is CCCCCOC(=O)c1nc(-c2ccc(Cl)cc2Cl)cc(N)c1Cl. The third kappa shape index (κ3) is 4.53. The lowest BCUT2D eigenvalue weighted by Gasteiger charge is -2.11. The van der Waals surface area contributed by atoms with Crippen LogP contribution in [0.2, 0.25) is 15.1 Å². The van der Waals surface area contributed by atoms with Gasteiger partial charge in [-0.2, -0.15) is 0 Å². The van der Waals surface area contributed by atoms with E-state index in [9.17, 15) is 4.79 Å². The average Bonchev–Trinajstić information content (AvgIpc) is 2.54. The Balaban J connectivity index is 2.32. The van der Waals surface area contributed by atoms with Gasteiger partial charge in [-0.1, -0.05) is 54.6 Å².